The van der Waals surface area contributed by atoms with Crippen molar-refractivity contribution in [2.24, 2.45) is 0 Å². The summed E-state index contributed by atoms with van der Waals surface area (Å²) in [6.07, 6.45) is 0. The van der Waals surface area contributed by atoms with Gasteiger partial charge in [-0.1, -0.05) is 30.3 Å². The number of carbonyl (C=O) groups excluding carboxylic acids is 2. The largest absolute Gasteiger partial charge is 0.398 e. The molecule has 2 rings (SSSR count). The summed E-state index contributed by atoms with van der Waals surface area (Å²) in [5.74, 6) is -0.511. The number of aryl methyl sites for hydroxylation is 1. The first kappa shape index (κ1) is 15.1. The van der Waals surface area contributed by atoms with Crippen molar-refractivity contribution in [3.05, 3.63) is 51.7 Å². The van der Waals surface area contributed by atoms with Crippen molar-refractivity contribution >= 4 is 28.8 Å². The third-order valence-corrected chi connectivity index (χ3v) is 3.99. The molecule has 2 aromatic rings. The van der Waals surface area contributed by atoms with E-state index in [-0.39, 0.29) is 18.4 Å². The molecule has 0 atom stereocenters. The van der Waals surface area contributed by atoms with E-state index in [1.165, 1.54) is 11.3 Å². The van der Waals surface area contributed by atoms with Crippen molar-refractivity contribution < 1.29 is 9.59 Å². The highest BCUT2D eigenvalue weighted by Gasteiger charge is 2.11. The van der Waals surface area contributed by atoms with Crippen LogP contribution in [0, 0.1) is 6.92 Å². The van der Waals surface area contributed by atoms with Gasteiger partial charge < -0.3 is 16.4 Å². The van der Waals surface area contributed by atoms with Gasteiger partial charge in [-0.2, -0.15) is 0 Å². The Morgan fingerprint density at radius 1 is 1.19 bits per heavy atom. The van der Waals surface area contributed by atoms with E-state index in [4.69, 9.17) is 5.73 Å². The molecule has 4 N–H and O–H groups in total. The Bertz CT molecular complexity index is 618. The molecular weight excluding hydrogens is 286 g/mol. The summed E-state index contributed by atoms with van der Waals surface area (Å²) in [7, 11) is 0. The number of benzene rings is 1. The zero-order chi connectivity index (χ0) is 15.2. The third-order valence-electron chi connectivity index (χ3n) is 2.92. The zero-order valence-electron chi connectivity index (χ0n) is 11.7. The van der Waals surface area contributed by atoms with Crippen molar-refractivity contribution in [1.29, 1.82) is 0 Å². The number of nitrogen functional groups attached to an aromatic ring is 1. The predicted molar refractivity (Wildman–Crippen MR) is 84.1 cm³/mol. The maximum absolute atomic E-state index is 11.9. The summed E-state index contributed by atoms with van der Waals surface area (Å²) in [6, 6.07) is 11.2. The maximum atomic E-state index is 11.9. The Labute approximate surface area is 127 Å². The summed E-state index contributed by atoms with van der Waals surface area (Å²) in [5.41, 5.74) is 7.31. The lowest BCUT2D eigenvalue weighted by atomic mass is 10.2. The van der Waals surface area contributed by atoms with Gasteiger partial charge in [-0.3, -0.25) is 9.59 Å². The van der Waals surface area contributed by atoms with Gasteiger partial charge in [-0.15, -0.1) is 11.3 Å². The lowest BCUT2D eigenvalue weighted by Gasteiger charge is -2.06. The SMILES string of the molecule is Cc1sc(C(=O)NCC(=O)NCc2ccccc2)cc1N. The molecule has 0 aliphatic carbocycles. The second-order valence-corrected chi connectivity index (χ2v) is 5.82. The van der Waals surface area contributed by atoms with Gasteiger partial charge in [0.2, 0.25) is 5.91 Å². The lowest BCUT2D eigenvalue weighted by Crippen LogP contribution is -2.36. The fourth-order valence-electron chi connectivity index (χ4n) is 1.71. The first-order valence-electron chi connectivity index (χ1n) is 6.51. The zero-order valence-corrected chi connectivity index (χ0v) is 12.5. The van der Waals surface area contributed by atoms with E-state index in [2.05, 4.69) is 10.6 Å². The number of hydrogen-bond donors (Lipinski definition) is 3. The normalized spacial score (nSPS) is 10.1. The minimum Gasteiger partial charge on any atom is -0.398 e. The molecule has 0 aliphatic heterocycles. The topological polar surface area (TPSA) is 84.2 Å². The van der Waals surface area contributed by atoms with Crippen molar-refractivity contribution in [3.63, 3.8) is 0 Å². The smallest absolute Gasteiger partial charge is 0.261 e. The van der Waals surface area contributed by atoms with Gasteiger partial charge in [-0.25, -0.2) is 0 Å². The number of amides is 2. The summed E-state index contributed by atoms with van der Waals surface area (Å²) in [5, 5.41) is 5.33. The molecule has 1 aromatic heterocycles. The van der Waals surface area contributed by atoms with Crippen LogP contribution >= 0.6 is 11.3 Å². The molecule has 0 aliphatic rings. The first-order valence-corrected chi connectivity index (χ1v) is 7.32. The lowest BCUT2D eigenvalue weighted by molar-refractivity contribution is -0.120. The van der Waals surface area contributed by atoms with E-state index < -0.39 is 0 Å². The van der Waals surface area contributed by atoms with Crippen LogP contribution in [0.3, 0.4) is 0 Å². The molecule has 0 unspecified atom stereocenters. The van der Waals surface area contributed by atoms with E-state index in [1.54, 1.807) is 6.07 Å². The molecule has 2 amide bonds. The first-order chi connectivity index (χ1) is 10.1. The van der Waals surface area contributed by atoms with Crippen LogP contribution in [-0.4, -0.2) is 18.4 Å². The molecule has 1 heterocycles. The number of rotatable bonds is 5. The van der Waals surface area contributed by atoms with Gasteiger partial charge in [-0.05, 0) is 18.6 Å². The van der Waals surface area contributed by atoms with Crippen molar-refractivity contribution in [3.8, 4) is 0 Å². The number of hydrogen-bond acceptors (Lipinski definition) is 4. The minimum absolute atomic E-state index is 0.0531. The summed E-state index contributed by atoms with van der Waals surface area (Å²) >= 11 is 1.32. The average Bonchev–Trinajstić information content (AvgIpc) is 2.83. The Morgan fingerprint density at radius 2 is 1.90 bits per heavy atom. The van der Waals surface area contributed by atoms with Gasteiger partial charge >= 0.3 is 0 Å². The molecule has 0 saturated heterocycles. The van der Waals surface area contributed by atoms with Gasteiger partial charge in [0.15, 0.2) is 0 Å². The molecule has 21 heavy (non-hydrogen) atoms. The summed E-state index contributed by atoms with van der Waals surface area (Å²) in [6.45, 7) is 2.24. The molecule has 0 spiro atoms. The van der Waals surface area contributed by atoms with E-state index in [0.29, 0.717) is 17.1 Å². The average molecular weight is 303 g/mol. The molecule has 5 nitrogen and oxygen atoms in total. The van der Waals surface area contributed by atoms with Crippen LogP contribution in [0.15, 0.2) is 36.4 Å². The van der Waals surface area contributed by atoms with Crippen LogP contribution in [0.4, 0.5) is 5.69 Å². The highest BCUT2D eigenvalue weighted by Crippen LogP contribution is 2.22. The second kappa shape index (κ2) is 6.90. The molecule has 6 heteroatoms. The van der Waals surface area contributed by atoms with E-state index in [0.717, 1.165) is 10.4 Å². The van der Waals surface area contributed by atoms with Crippen LogP contribution in [0.25, 0.3) is 0 Å². The monoisotopic (exact) mass is 303 g/mol. The van der Waals surface area contributed by atoms with Gasteiger partial charge in [0.25, 0.3) is 5.91 Å². The minimum atomic E-state index is -0.283. The molecule has 110 valence electrons. The fourth-order valence-corrected chi connectivity index (χ4v) is 2.57. The van der Waals surface area contributed by atoms with Crippen LogP contribution in [0.2, 0.25) is 0 Å². The van der Waals surface area contributed by atoms with E-state index in [9.17, 15) is 9.59 Å². The van der Waals surface area contributed by atoms with Crippen LogP contribution < -0.4 is 16.4 Å². The van der Waals surface area contributed by atoms with Crippen LogP contribution in [0.5, 0.6) is 0 Å². The number of nitrogens with two attached hydrogens (primary N) is 1. The quantitative estimate of drug-likeness (QED) is 0.786. The van der Waals surface area contributed by atoms with Crippen LogP contribution in [0.1, 0.15) is 20.1 Å². The maximum Gasteiger partial charge on any atom is 0.261 e. The highest BCUT2D eigenvalue weighted by atomic mass is 32.1. The number of anilines is 1. The van der Waals surface area contributed by atoms with E-state index in [1.807, 2.05) is 37.3 Å². The van der Waals surface area contributed by atoms with Gasteiger partial charge in [0.05, 0.1) is 11.4 Å². The standard InChI is InChI=1S/C15H17N3O2S/c1-10-12(16)7-13(21-10)15(20)18-9-14(19)17-8-11-5-3-2-4-6-11/h2-7H,8-9,16H2,1H3,(H,17,19)(H,18,20). The van der Waals surface area contributed by atoms with Gasteiger partial charge in [0.1, 0.15) is 0 Å². The molecule has 1 aromatic carbocycles. The second-order valence-electron chi connectivity index (χ2n) is 4.57. The fraction of sp³-hybridized carbons (Fsp3) is 0.200. The Balaban J connectivity index is 1.77. The number of carbonyl (C=O) groups is 2. The molecular formula is C15H17N3O2S. The van der Waals surface area contributed by atoms with Crippen molar-refractivity contribution in [2.45, 2.75) is 13.5 Å². The van der Waals surface area contributed by atoms with Crippen molar-refractivity contribution in [2.75, 3.05) is 12.3 Å². The number of nitrogens with one attached hydrogen (secondary N) is 2. The summed E-state index contributed by atoms with van der Waals surface area (Å²) < 4.78 is 0. The molecule has 0 fully saturated rings. The molecule has 0 bridgehead atoms. The third kappa shape index (κ3) is 4.32. The van der Waals surface area contributed by atoms with Crippen molar-refractivity contribution in [1.82, 2.24) is 10.6 Å². The highest BCUT2D eigenvalue weighted by molar-refractivity contribution is 7.14. The summed E-state index contributed by atoms with van der Waals surface area (Å²) in [4.78, 5) is 24.9. The Kier molecular flexibility index (Phi) is 4.94. The van der Waals surface area contributed by atoms with E-state index >= 15 is 0 Å². The van der Waals surface area contributed by atoms with Gasteiger partial charge in [0, 0.05) is 17.1 Å². The predicted octanol–water partition coefficient (Wildman–Crippen LogP) is 1.68. The Morgan fingerprint density at radius 3 is 2.52 bits per heavy atom. The van der Waals surface area contributed by atoms with Crippen LogP contribution in [-0.2, 0) is 11.3 Å². The molecule has 0 radical (unpaired) electrons. The Hall–Kier alpha value is -2.34. The molecule has 0 saturated carbocycles. The number of thiophene rings is 1.